The third kappa shape index (κ3) is 6.37. The Balaban J connectivity index is 1.18. The summed E-state index contributed by atoms with van der Waals surface area (Å²) in [7, 11) is 0. The van der Waals surface area contributed by atoms with Gasteiger partial charge in [0.05, 0.1) is 0 Å². The largest absolute Gasteiger partial charge is 0.311 e. The number of hydrogen-bond acceptors (Lipinski definition) is 2. The second-order valence-corrected chi connectivity index (χ2v) is 16.5. The van der Waals surface area contributed by atoms with E-state index in [1.165, 1.54) is 94.8 Å². The zero-order valence-corrected chi connectivity index (χ0v) is 34.6. The zero-order chi connectivity index (χ0) is 41.7. The normalized spacial score (nSPS) is 12.3. The molecule has 0 saturated heterocycles. The highest BCUT2D eigenvalue weighted by molar-refractivity contribution is 7.00. The summed E-state index contributed by atoms with van der Waals surface area (Å²) in [6.07, 6.45) is 0. The Morgan fingerprint density at radius 2 is 0.683 bits per heavy atom. The molecule has 63 heavy (non-hydrogen) atoms. The van der Waals surface area contributed by atoms with Crippen molar-refractivity contribution in [3.63, 3.8) is 0 Å². The lowest BCUT2D eigenvalue weighted by Crippen LogP contribution is -2.61. The molecule has 3 heteroatoms. The van der Waals surface area contributed by atoms with Crippen molar-refractivity contribution < 1.29 is 0 Å². The number of fused-ring (bicyclic) bond motifs is 4. The molecule has 0 amide bonds. The standard InChI is InChI=1S/C60H41BN2/c1-6-19-42(20-7-1)45-33-35-50(36-34-45)62-57-41-53(47-27-14-5-15-28-47)52(46-25-12-4-13-26-46)40-55(57)61-54-31-16-17-32-56(54)63(51-30-18-29-48(37-51)43-21-8-2-9-22-43)59-39-49(38-58(62)60(59)61)44-23-10-3-11-24-44/h1-41H. The first-order chi connectivity index (χ1) is 31.3. The van der Waals surface area contributed by atoms with Gasteiger partial charge in [-0.3, -0.25) is 0 Å². The number of para-hydroxylation sites is 1. The predicted octanol–water partition coefficient (Wildman–Crippen LogP) is 14.1. The maximum Gasteiger partial charge on any atom is 0.252 e. The van der Waals surface area contributed by atoms with E-state index in [1.54, 1.807) is 0 Å². The maximum atomic E-state index is 2.54. The molecule has 0 aromatic heterocycles. The summed E-state index contributed by atoms with van der Waals surface area (Å²) in [5.41, 5.74) is 22.8. The monoisotopic (exact) mass is 800 g/mol. The van der Waals surface area contributed by atoms with Gasteiger partial charge < -0.3 is 9.80 Å². The number of anilines is 6. The number of nitrogens with zero attached hydrogens (tertiary/aromatic N) is 2. The molecule has 2 nitrogen and oxygen atoms in total. The van der Waals surface area contributed by atoms with E-state index in [1.807, 2.05) is 0 Å². The van der Waals surface area contributed by atoms with Crippen LogP contribution in [0.4, 0.5) is 34.1 Å². The highest BCUT2D eigenvalue weighted by atomic mass is 15.2. The van der Waals surface area contributed by atoms with Crippen molar-refractivity contribution in [2.75, 3.05) is 9.80 Å². The van der Waals surface area contributed by atoms with Gasteiger partial charge in [-0.05, 0) is 121 Å². The van der Waals surface area contributed by atoms with E-state index in [4.69, 9.17) is 0 Å². The molecule has 0 aliphatic carbocycles. The fourth-order valence-corrected chi connectivity index (χ4v) is 9.95. The van der Waals surface area contributed by atoms with Crippen molar-refractivity contribution in [1.82, 2.24) is 0 Å². The summed E-state index contributed by atoms with van der Waals surface area (Å²) in [6.45, 7) is -0.0355. The molecule has 10 aromatic carbocycles. The molecule has 0 atom stereocenters. The average molecular weight is 801 g/mol. The number of hydrogen-bond donors (Lipinski definition) is 0. The summed E-state index contributed by atoms with van der Waals surface area (Å²) in [4.78, 5) is 5.06. The van der Waals surface area contributed by atoms with Crippen LogP contribution in [0.2, 0.25) is 0 Å². The number of rotatable bonds is 7. The van der Waals surface area contributed by atoms with E-state index in [9.17, 15) is 0 Å². The lowest BCUT2D eigenvalue weighted by Gasteiger charge is -2.45. The van der Waals surface area contributed by atoms with Crippen molar-refractivity contribution >= 4 is 57.2 Å². The molecule has 12 rings (SSSR count). The minimum Gasteiger partial charge on any atom is -0.311 e. The van der Waals surface area contributed by atoms with E-state index in [0.29, 0.717) is 0 Å². The summed E-state index contributed by atoms with van der Waals surface area (Å²) in [5.74, 6) is 0. The lowest BCUT2D eigenvalue weighted by molar-refractivity contribution is 1.25. The van der Waals surface area contributed by atoms with E-state index in [0.717, 1.165) is 11.4 Å². The summed E-state index contributed by atoms with van der Waals surface area (Å²) in [6, 6.07) is 91.2. The highest BCUT2D eigenvalue weighted by Gasteiger charge is 2.44. The van der Waals surface area contributed by atoms with Crippen LogP contribution in [0.1, 0.15) is 0 Å². The lowest BCUT2D eigenvalue weighted by atomic mass is 9.33. The summed E-state index contributed by atoms with van der Waals surface area (Å²) in [5, 5.41) is 0. The molecule has 0 unspecified atom stereocenters. The minimum absolute atomic E-state index is 0.0355. The quantitative estimate of drug-likeness (QED) is 0.148. The van der Waals surface area contributed by atoms with Crippen LogP contribution in [-0.4, -0.2) is 6.71 Å². The third-order valence-electron chi connectivity index (χ3n) is 12.8. The molecule has 2 heterocycles. The Morgan fingerprint density at radius 1 is 0.238 bits per heavy atom. The molecular weight excluding hydrogens is 759 g/mol. The Labute approximate surface area is 369 Å². The zero-order valence-electron chi connectivity index (χ0n) is 34.6. The maximum absolute atomic E-state index is 2.54. The molecule has 0 radical (unpaired) electrons. The van der Waals surface area contributed by atoms with Crippen molar-refractivity contribution in [2.24, 2.45) is 0 Å². The van der Waals surface area contributed by atoms with Gasteiger partial charge in [0.15, 0.2) is 0 Å². The van der Waals surface area contributed by atoms with E-state index < -0.39 is 0 Å². The Morgan fingerprint density at radius 3 is 1.27 bits per heavy atom. The van der Waals surface area contributed by atoms with Gasteiger partial charge in [-0.15, -0.1) is 0 Å². The second-order valence-electron chi connectivity index (χ2n) is 16.5. The van der Waals surface area contributed by atoms with E-state index in [-0.39, 0.29) is 6.71 Å². The van der Waals surface area contributed by atoms with Gasteiger partial charge in [0.2, 0.25) is 0 Å². The van der Waals surface area contributed by atoms with Crippen molar-refractivity contribution in [1.29, 1.82) is 0 Å². The molecule has 0 saturated carbocycles. The van der Waals surface area contributed by atoms with Crippen LogP contribution >= 0.6 is 0 Å². The van der Waals surface area contributed by atoms with Crippen LogP contribution < -0.4 is 26.2 Å². The Bertz CT molecular complexity index is 3260. The van der Waals surface area contributed by atoms with Crippen LogP contribution in [-0.2, 0) is 0 Å². The first kappa shape index (κ1) is 36.7. The molecular formula is C60H41BN2. The van der Waals surface area contributed by atoms with Crippen LogP contribution in [0.25, 0.3) is 55.6 Å². The van der Waals surface area contributed by atoms with E-state index >= 15 is 0 Å². The SMILES string of the molecule is c1ccc(-c2ccc(N3c4cc(-c5ccccc5)c(-c5ccccc5)cc4B4c5ccccc5N(c5cccc(-c6ccccc6)c5)c5cc(-c6ccccc6)cc3c54)cc2)cc1. The van der Waals surface area contributed by atoms with Crippen molar-refractivity contribution in [2.45, 2.75) is 0 Å². The van der Waals surface area contributed by atoms with Gasteiger partial charge in [-0.1, -0.05) is 200 Å². The Kier molecular flexibility index (Phi) is 8.97. The fraction of sp³-hybridized carbons (Fsp3) is 0. The first-order valence-corrected chi connectivity index (χ1v) is 21.8. The fourth-order valence-electron chi connectivity index (χ4n) is 9.95. The van der Waals surface area contributed by atoms with Gasteiger partial charge in [-0.25, -0.2) is 0 Å². The second kappa shape index (κ2) is 15.4. The van der Waals surface area contributed by atoms with Crippen LogP contribution in [0.3, 0.4) is 0 Å². The molecule has 2 aliphatic rings. The van der Waals surface area contributed by atoms with Gasteiger partial charge in [0.1, 0.15) is 0 Å². The summed E-state index contributed by atoms with van der Waals surface area (Å²) < 4.78 is 0. The van der Waals surface area contributed by atoms with Gasteiger partial charge in [0, 0.05) is 34.1 Å². The van der Waals surface area contributed by atoms with Crippen LogP contribution in [0, 0.1) is 0 Å². The van der Waals surface area contributed by atoms with Crippen molar-refractivity contribution in [3.05, 3.63) is 249 Å². The minimum atomic E-state index is -0.0355. The summed E-state index contributed by atoms with van der Waals surface area (Å²) >= 11 is 0. The van der Waals surface area contributed by atoms with E-state index in [2.05, 4.69) is 259 Å². The van der Waals surface area contributed by atoms with Gasteiger partial charge in [0.25, 0.3) is 6.71 Å². The highest BCUT2D eigenvalue weighted by Crippen LogP contribution is 2.48. The molecule has 0 bridgehead atoms. The molecule has 0 fully saturated rings. The molecule has 2 aliphatic heterocycles. The first-order valence-electron chi connectivity index (χ1n) is 21.8. The predicted molar refractivity (Wildman–Crippen MR) is 268 cm³/mol. The smallest absolute Gasteiger partial charge is 0.252 e. The van der Waals surface area contributed by atoms with Gasteiger partial charge in [-0.2, -0.15) is 0 Å². The molecule has 10 aromatic rings. The molecule has 0 spiro atoms. The van der Waals surface area contributed by atoms with Crippen LogP contribution in [0.15, 0.2) is 249 Å². The average Bonchev–Trinajstić information content (AvgIpc) is 3.37. The van der Waals surface area contributed by atoms with Crippen LogP contribution in [0.5, 0.6) is 0 Å². The van der Waals surface area contributed by atoms with Crippen molar-refractivity contribution in [3.8, 4) is 55.6 Å². The molecule has 294 valence electrons. The Hall–Kier alpha value is -8.14. The molecule has 0 N–H and O–H groups in total. The number of benzene rings is 10. The van der Waals surface area contributed by atoms with Gasteiger partial charge >= 0.3 is 0 Å². The third-order valence-corrected chi connectivity index (χ3v) is 12.8. The topological polar surface area (TPSA) is 6.48 Å².